The van der Waals surface area contributed by atoms with E-state index in [-0.39, 0.29) is 0 Å². The first-order valence-corrected chi connectivity index (χ1v) is 4.31. The van der Waals surface area contributed by atoms with Crippen molar-refractivity contribution >= 4 is 11.6 Å². The van der Waals surface area contributed by atoms with Crippen molar-refractivity contribution in [3.05, 3.63) is 42.5 Å². The van der Waals surface area contributed by atoms with Crippen LogP contribution in [0.2, 0.25) is 0 Å². The zero-order valence-corrected chi connectivity index (χ0v) is 7.81. The highest BCUT2D eigenvalue weighted by atomic mass is 15.1. The normalized spacial score (nSPS) is 9.79. The minimum absolute atomic E-state index is 0.595. The molecule has 0 aliphatic carbocycles. The van der Waals surface area contributed by atoms with Gasteiger partial charge >= 0.3 is 0 Å². The minimum atomic E-state index is 0.595. The van der Waals surface area contributed by atoms with E-state index >= 15 is 0 Å². The van der Waals surface area contributed by atoms with Crippen LogP contribution in [0.4, 0.5) is 11.6 Å². The van der Waals surface area contributed by atoms with Gasteiger partial charge in [0.15, 0.2) is 0 Å². The van der Waals surface area contributed by atoms with E-state index in [9.17, 15) is 0 Å². The van der Waals surface area contributed by atoms with Crippen LogP contribution in [-0.2, 0) is 0 Å². The van der Waals surface area contributed by atoms with Gasteiger partial charge in [-0.2, -0.15) is 0 Å². The molecule has 2 rings (SSSR count). The van der Waals surface area contributed by atoms with Crippen molar-refractivity contribution in [3.63, 3.8) is 0 Å². The topological polar surface area (TPSA) is 50.7 Å². The van der Waals surface area contributed by atoms with Crippen LogP contribution >= 0.6 is 0 Å². The summed E-state index contributed by atoms with van der Waals surface area (Å²) < 4.78 is 0. The number of aryl methyl sites for hydroxylation is 1. The first-order chi connectivity index (χ1) is 6.84. The third-order valence-electron chi connectivity index (χ3n) is 1.71. The monoisotopic (exact) mass is 186 g/mol. The van der Waals surface area contributed by atoms with Crippen LogP contribution in [-0.4, -0.2) is 15.0 Å². The Morgan fingerprint density at radius 2 is 2.14 bits per heavy atom. The van der Waals surface area contributed by atoms with E-state index in [1.54, 1.807) is 18.6 Å². The number of rotatable bonds is 2. The van der Waals surface area contributed by atoms with Crippen molar-refractivity contribution < 1.29 is 0 Å². The average Bonchev–Trinajstić information content (AvgIpc) is 2.19. The summed E-state index contributed by atoms with van der Waals surface area (Å²) in [5.74, 6) is 0.595. The summed E-state index contributed by atoms with van der Waals surface area (Å²) in [6.45, 7) is 1.93. The Morgan fingerprint density at radius 3 is 2.86 bits per heavy atom. The molecule has 4 nitrogen and oxygen atoms in total. The molecule has 2 aromatic heterocycles. The van der Waals surface area contributed by atoms with E-state index in [1.165, 1.54) is 0 Å². The molecule has 2 heterocycles. The Hall–Kier alpha value is -1.97. The number of anilines is 2. The molecule has 0 radical (unpaired) electrons. The lowest BCUT2D eigenvalue weighted by atomic mass is 10.4. The highest BCUT2D eigenvalue weighted by Gasteiger charge is 1.96. The molecule has 0 aromatic carbocycles. The van der Waals surface area contributed by atoms with Gasteiger partial charge < -0.3 is 5.32 Å². The Kier molecular flexibility index (Phi) is 2.36. The zero-order valence-electron chi connectivity index (χ0n) is 7.81. The molecule has 2 aromatic rings. The molecule has 0 fully saturated rings. The average molecular weight is 186 g/mol. The number of nitrogens with one attached hydrogen (secondary N) is 1. The van der Waals surface area contributed by atoms with Crippen LogP contribution in [0.25, 0.3) is 0 Å². The Morgan fingerprint density at radius 1 is 1.21 bits per heavy atom. The van der Waals surface area contributed by atoms with Gasteiger partial charge in [-0.3, -0.25) is 4.98 Å². The summed E-state index contributed by atoms with van der Waals surface area (Å²) >= 11 is 0. The van der Waals surface area contributed by atoms with E-state index in [4.69, 9.17) is 0 Å². The molecule has 70 valence electrons. The quantitative estimate of drug-likeness (QED) is 0.778. The molecule has 0 aliphatic rings. The summed E-state index contributed by atoms with van der Waals surface area (Å²) in [5.41, 5.74) is 1.82. The van der Waals surface area contributed by atoms with E-state index in [0.717, 1.165) is 11.4 Å². The van der Waals surface area contributed by atoms with Gasteiger partial charge in [0.05, 0.1) is 11.9 Å². The summed E-state index contributed by atoms with van der Waals surface area (Å²) in [6.07, 6.45) is 5.18. The lowest BCUT2D eigenvalue weighted by molar-refractivity contribution is 1.10. The first-order valence-electron chi connectivity index (χ1n) is 4.31. The Bertz CT molecular complexity index is 413. The predicted octanol–water partition coefficient (Wildman–Crippen LogP) is 1.92. The van der Waals surface area contributed by atoms with Crippen LogP contribution in [0.1, 0.15) is 5.69 Å². The lowest BCUT2D eigenvalue weighted by Gasteiger charge is -2.03. The second-order valence-corrected chi connectivity index (χ2v) is 2.89. The summed E-state index contributed by atoms with van der Waals surface area (Å²) in [5, 5.41) is 3.06. The molecule has 0 bridgehead atoms. The number of hydrogen-bond donors (Lipinski definition) is 1. The Balaban J connectivity index is 2.19. The van der Waals surface area contributed by atoms with Gasteiger partial charge in [0.25, 0.3) is 0 Å². The highest BCUT2D eigenvalue weighted by molar-refractivity contribution is 5.50. The summed E-state index contributed by atoms with van der Waals surface area (Å²) in [6, 6.07) is 5.63. The highest BCUT2D eigenvalue weighted by Crippen LogP contribution is 2.09. The molecule has 0 amide bonds. The van der Waals surface area contributed by atoms with Crippen LogP contribution in [0, 0.1) is 6.92 Å². The van der Waals surface area contributed by atoms with Crippen LogP contribution in [0.5, 0.6) is 0 Å². The number of pyridine rings is 1. The van der Waals surface area contributed by atoms with Gasteiger partial charge in [-0.15, -0.1) is 0 Å². The van der Waals surface area contributed by atoms with Gasteiger partial charge in [-0.25, -0.2) is 9.97 Å². The number of hydrogen-bond acceptors (Lipinski definition) is 4. The SMILES string of the molecule is Cc1ccnc(Nc2cccnc2)n1. The summed E-state index contributed by atoms with van der Waals surface area (Å²) in [7, 11) is 0. The lowest BCUT2D eigenvalue weighted by Crippen LogP contribution is -1.97. The van der Waals surface area contributed by atoms with Gasteiger partial charge in [-0.05, 0) is 25.1 Å². The predicted molar refractivity (Wildman–Crippen MR) is 54.3 cm³/mol. The van der Waals surface area contributed by atoms with Crippen molar-refractivity contribution in [1.82, 2.24) is 15.0 Å². The second kappa shape index (κ2) is 3.83. The molecule has 14 heavy (non-hydrogen) atoms. The second-order valence-electron chi connectivity index (χ2n) is 2.89. The molecule has 1 N–H and O–H groups in total. The molecule has 0 aliphatic heterocycles. The fourth-order valence-electron chi connectivity index (χ4n) is 1.07. The van der Waals surface area contributed by atoms with E-state index in [2.05, 4.69) is 20.3 Å². The van der Waals surface area contributed by atoms with Crippen molar-refractivity contribution in [2.45, 2.75) is 6.92 Å². The molecule has 0 saturated carbocycles. The maximum absolute atomic E-state index is 4.22. The standard InChI is InChI=1S/C10H10N4/c1-8-4-6-12-10(13-8)14-9-3-2-5-11-7-9/h2-7H,1H3,(H,12,13,14). The molecule has 0 atom stereocenters. The third kappa shape index (κ3) is 2.04. The molecular formula is C10H10N4. The summed E-state index contributed by atoms with van der Waals surface area (Å²) in [4.78, 5) is 12.3. The smallest absolute Gasteiger partial charge is 0.227 e. The van der Waals surface area contributed by atoms with Gasteiger partial charge in [0.2, 0.25) is 5.95 Å². The minimum Gasteiger partial charge on any atom is -0.323 e. The van der Waals surface area contributed by atoms with Gasteiger partial charge in [-0.1, -0.05) is 0 Å². The van der Waals surface area contributed by atoms with E-state index in [0.29, 0.717) is 5.95 Å². The van der Waals surface area contributed by atoms with Crippen LogP contribution in [0.15, 0.2) is 36.8 Å². The fraction of sp³-hybridized carbons (Fsp3) is 0.100. The van der Waals surface area contributed by atoms with Crippen LogP contribution in [0.3, 0.4) is 0 Å². The maximum Gasteiger partial charge on any atom is 0.227 e. The van der Waals surface area contributed by atoms with Crippen LogP contribution < -0.4 is 5.32 Å². The van der Waals surface area contributed by atoms with Crippen molar-refractivity contribution in [2.24, 2.45) is 0 Å². The van der Waals surface area contributed by atoms with E-state index in [1.807, 2.05) is 25.1 Å². The number of nitrogens with zero attached hydrogens (tertiary/aromatic N) is 3. The van der Waals surface area contributed by atoms with Gasteiger partial charge in [0, 0.05) is 18.1 Å². The first kappa shape index (κ1) is 8.62. The van der Waals surface area contributed by atoms with E-state index < -0.39 is 0 Å². The van der Waals surface area contributed by atoms with Crippen molar-refractivity contribution in [1.29, 1.82) is 0 Å². The fourth-order valence-corrected chi connectivity index (χ4v) is 1.07. The largest absolute Gasteiger partial charge is 0.323 e. The zero-order chi connectivity index (χ0) is 9.80. The molecule has 4 heteroatoms. The molecule has 0 unspecified atom stereocenters. The number of aromatic nitrogens is 3. The van der Waals surface area contributed by atoms with Crippen molar-refractivity contribution in [2.75, 3.05) is 5.32 Å². The molecule has 0 spiro atoms. The molecule has 0 saturated heterocycles. The molecular weight excluding hydrogens is 176 g/mol. The Labute approximate surface area is 82.1 Å². The maximum atomic E-state index is 4.22. The van der Waals surface area contributed by atoms with Crippen molar-refractivity contribution in [3.8, 4) is 0 Å². The third-order valence-corrected chi connectivity index (χ3v) is 1.71. The van der Waals surface area contributed by atoms with Gasteiger partial charge in [0.1, 0.15) is 0 Å².